The maximum atomic E-state index is 10.7. The number of rotatable bonds is 7. The maximum Gasteiger partial charge on any atom is 0.174 e. The zero-order valence-corrected chi connectivity index (χ0v) is 24.9. The zero-order valence-electron chi connectivity index (χ0n) is 23.3. The van der Waals surface area contributed by atoms with Gasteiger partial charge in [0.25, 0.3) is 0 Å². The lowest BCUT2D eigenvalue weighted by Gasteiger charge is -2.28. The number of aromatic nitrogens is 2. The Morgan fingerprint density at radius 1 is 0.905 bits per heavy atom. The first kappa shape index (κ1) is 27.6. The van der Waals surface area contributed by atoms with E-state index in [0.717, 1.165) is 34.1 Å². The van der Waals surface area contributed by atoms with Crippen LogP contribution in [0.5, 0.6) is 23.0 Å². The van der Waals surface area contributed by atoms with Crippen molar-refractivity contribution in [1.82, 2.24) is 14.9 Å². The molecule has 0 aliphatic carbocycles. The number of pyridine rings is 1. The van der Waals surface area contributed by atoms with Gasteiger partial charge in [0, 0.05) is 28.3 Å². The van der Waals surface area contributed by atoms with E-state index in [1.165, 1.54) is 0 Å². The van der Waals surface area contributed by atoms with Gasteiger partial charge in [0.2, 0.25) is 0 Å². The summed E-state index contributed by atoms with van der Waals surface area (Å²) in [6.45, 7) is 4.06. The van der Waals surface area contributed by atoms with Crippen molar-refractivity contribution < 1.29 is 14.6 Å². The van der Waals surface area contributed by atoms with Crippen LogP contribution in [0, 0.1) is 13.8 Å². The van der Waals surface area contributed by atoms with E-state index < -0.39 is 0 Å². The topological polar surface area (TPSA) is 71.8 Å². The second-order valence-electron chi connectivity index (χ2n) is 10.1. The van der Waals surface area contributed by atoms with Crippen LogP contribution >= 0.6 is 23.8 Å². The molecule has 5 aromatic rings. The van der Waals surface area contributed by atoms with Crippen molar-refractivity contribution in [2.75, 3.05) is 12.0 Å². The summed E-state index contributed by atoms with van der Waals surface area (Å²) in [6.07, 6.45) is 1.79. The molecule has 0 radical (unpaired) electrons. The van der Waals surface area contributed by atoms with Gasteiger partial charge in [0.1, 0.15) is 23.0 Å². The molecule has 9 heteroatoms. The molecule has 42 heavy (non-hydrogen) atoms. The number of ether oxygens (including phenoxy) is 2. The van der Waals surface area contributed by atoms with Crippen LogP contribution in [0.15, 0.2) is 97.2 Å². The fraction of sp³-hybridized carbons (Fsp3) is 0.152. The van der Waals surface area contributed by atoms with Gasteiger partial charge in [-0.25, -0.2) is 0 Å². The van der Waals surface area contributed by atoms with E-state index >= 15 is 0 Å². The molecule has 3 heterocycles. The van der Waals surface area contributed by atoms with Gasteiger partial charge < -0.3 is 29.4 Å². The Labute approximate surface area is 254 Å². The normalized spacial score (nSPS) is 16.4. The van der Waals surface area contributed by atoms with E-state index in [9.17, 15) is 5.11 Å². The van der Waals surface area contributed by atoms with Crippen LogP contribution < -0.4 is 19.7 Å². The van der Waals surface area contributed by atoms with Crippen molar-refractivity contribution in [1.29, 1.82) is 0 Å². The maximum absolute atomic E-state index is 10.7. The summed E-state index contributed by atoms with van der Waals surface area (Å²) in [5, 5.41) is 15.4. The third-order valence-electron chi connectivity index (χ3n) is 7.48. The van der Waals surface area contributed by atoms with E-state index in [2.05, 4.69) is 21.3 Å². The fourth-order valence-corrected chi connectivity index (χ4v) is 6.05. The molecule has 0 amide bonds. The lowest BCUT2D eigenvalue weighted by Crippen LogP contribution is -2.29. The summed E-state index contributed by atoms with van der Waals surface area (Å²) in [7, 11) is 1.64. The van der Waals surface area contributed by atoms with Gasteiger partial charge >= 0.3 is 0 Å². The number of nitrogens with one attached hydrogen (secondary N) is 1. The highest BCUT2D eigenvalue weighted by Crippen LogP contribution is 2.44. The molecular formula is C33H29ClN4O3S. The number of anilines is 1. The third-order valence-corrected chi connectivity index (χ3v) is 8.03. The minimum atomic E-state index is -0.220. The quantitative estimate of drug-likeness (QED) is 0.186. The first-order chi connectivity index (χ1) is 20.3. The monoisotopic (exact) mass is 596 g/mol. The van der Waals surface area contributed by atoms with E-state index in [-0.39, 0.29) is 17.8 Å². The SMILES string of the molecule is COc1ccc(Oc2ccc(N3C(=S)N[C@@H](c4ccccn4)[C@@H]3c3cc(C)n(-c4cc(Cl)ccc4O)c3C)cc2)cc1. The number of methoxy groups -OCH3 is 1. The number of halogens is 1. The van der Waals surface area contributed by atoms with Crippen LogP contribution in [0.1, 0.15) is 34.7 Å². The molecular weight excluding hydrogens is 568 g/mol. The van der Waals surface area contributed by atoms with E-state index in [1.54, 1.807) is 31.5 Å². The summed E-state index contributed by atoms with van der Waals surface area (Å²) in [5.41, 5.74) is 5.38. The summed E-state index contributed by atoms with van der Waals surface area (Å²) >= 11 is 12.3. The molecule has 0 bridgehead atoms. The number of nitrogens with zero attached hydrogens (tertiary/aromatic N) is 3. The summed E-state index contributed by atoms with van der Waals surface area (Å²) in [5.74, 6) is 2.34. The van der Waals surface area contributed by atoms with Crippen LogP contribution in [0.25, 0.3) is 5.69 Å². The van der Waals surface area contributed by atoms with Gasteiger partial charge in [-0.05, 0) is 117 Å². The second kappa shape index (κ2) is 11.4. The lowest BCUT2D eigenvalue weighted by atomic mass is 9.96. The van der Waals surface area contributed by atoms with Crippen molar-refractivity contribution in [3.05, 3.63) is 125 Å². The molecule has 1 fully saturated rings. The first-order valence-corrected chi connectivity index (χ1v) is 14.2. The van der Waals surface area contributed by atoms with Crippen molar-refractivity contribution in [3.8, 4) is 28.7 Å². The smallest absolute Gasteiger partial charge is 0.174 e. The molecule has 1 saturated heterocycles. The highest BCUT2D eigenvalue weighted by atomic mass is 35.5. The van der Waals surface area contributed by atoms with Gasteiger partial charge in [0.05, 0.1) is 30.6 Å². The van der Waals surface area contributed by atoms with Crippen molar-refractivity contribution in [3.63, 3.8) is 0 Å². The Balaban J connectivity index is 1.40. The molecule has 1 aliphatic heterocycles. The Hall–Kier alpha value is -4.53. The number of aryl methyl sites for hydroxylation is 1. The number of benzene rings is 3. The standard InChI is InChI=1S/C33H29ClN4O3S/c1-20-18-27(21(2)37(20)29-19-22(34)7-16-30(29)39)32-31(28-6-4-5-17-35-28)36-33(42)38(32)23-8-10-25(11-9-23)41-26-14-12-24(40-3)13-15-26/h4-19,31-32,39H,1-3H3,(H,36,42)/t31-,32-/m0/s1. The second-order valence-corrected chi connectivity index (χ2v) is 10.9. The summed E-state index contributed by atoms with van der Waals surface area (Å²) in [6, 6.07) is 28.0. The Morgan fingerprint density at radius 3 is 2.26 bits per heavy atom. The van der Waals surface area contributed by atoms with Gasteiger partial charge in [-0.2, -0.15) is 0 Å². The largest absolute Gasteiger partial charge is 0.506 e. The number of hydrogen-bond acceptors (Lipinski definition) is 5. The predicted molar refractivity (Wildman–Crippen MR) is 169 cm³/mol. The Bertz CT molecular complexity index is 1740. The summed E-state index contributed by atoms with van der Waals surface area (Å²) < 4.78 is 13.3. The Morgan fingerprint density at radius 2 is 1.60 bits per heavy atom. The highest BCUT2D eigenvalue weighted by Gasteiger charge is 2.42. The van der Waals surface area contributed by atoms with Crippen molar-refractivity contribution in [2.24, 2.45) is 0 Å². The molecule has 6 rings (SSSR count). The number of phenolic OH excluding ortho intramolecular Hbond substituents is 1. The molecule has 7 nitrogen and oxygen atoms in total. The van der Waals surface area contributed by atoms with Gasteiger partial charge in [-0.15, -0.1) is 0 Å². The average molecular weight is 597 g/mol. The molecule has 2 atom stereocenters. The molecule has 1 aliphatic rings. The molecule has 2 aromatic heterocycles. The van der Waals surface area contributed by atoms with Gasteiger partial charge in [0.15, 0.2) is 5.11 Å². The predicted octanol–water partition coefficient (Wildman–Crippen LogP) is 7.83. The molecule has 2 N–H and O–H groups in total. The zero-order chi connectivity index (χ0) is 29.4. The van der Waals surface area contributed by atoms with Crippen LogP contribution in [0.2, 0.25) is 5.02 Å². The fourth-order valence-electron chi connectivity index (χ4n) is 5.54. The van der Waals surface area contributed by atoms with E-state index in [1.807, 2.05) is 85.1 Å². The van der Waals surface area contributed by atoms with E-state index in [4.69, 9.17) is 33.3 Å². The molecule has 3 aromatic carbocycles. The highest BCUT2D eigenvalue weighted by molar-refractivity contribution is 7.80. The third kappa shape index (κ3) is 5.15. The number of phenols is 1. The van der Waals surface area contributed by atoms with E-state index in [0.29, 0.717) is 27.3 Å². The molecule has 0 spiro atoms. The summed E-state index contributed by atoms with van der Waals surface area (Å²) in [4.78, 5) is 6.79. The molecule has 0 unspecified atom stereocenters. The van der Waals surface area contributed by atoms with Gasteiger partial charge in [-0.1, -0.05) is 17.7 Å². The minimum absolute atomic E-state index is 0.151. The van der Waals surface area contributed by atoms with Crippen molar-refractivity contribution in [2.45, 2.75) is 25.9 Å². The lowest BCUT2D eigenvalue weighted by molar-refractivity contribution is 0.413. The van der Waals surface area contributed by atoms with Crippen LogP contribution in [0.4, 0.5) is 5.69 Å². The average Bonchev–Trinajstić information content (AvgIpc) is 3.50. The molecule has 0 saturated carbocycles. The minimum Gasteiger partial charge on any atom is -0.506 e. The van der Waals surface area contributed by atoms with Crippen LogP contribution in [-0.4, -0.2) is 26.9 Å². The first-order valence-electron chi connectivity index (χ1n) is 13.4. The number of aromatic hydroxyl groups is 1. The van der Waals surface area contributed by atoms with Crippen LogP contribution in [0.3, 0.4) is 0 Å². The number of hydrogen-bond donors (Lipinski definition) is 2. The van der Waals surface area contributed by atoms with Crippen LogP contribution in [-0.2, 0) is 0 Å². The van der Waals surface area contributed by atoms with Gasteiger partial charge in [-0.3, -0.25) is 4.98 Å². The Kier molecular flexibility index (Phi) is 7.49. The number of thiocarbonyl (C=S) groups is 1. The van der Waals surface area contributed by atoms with Crippen molar-refractivity contribution >= 4 is 34.6 Å². The molecule has 212 valence electrons.